The fraction of sp³-hybridized carbons (Fsp3) is 0.529. The van der Waals surface area contributed by atoms with Crippen LogP contribution in [0, 0.1) is 0 Å². The van der Waals surface area contributed by atoms with Gasteiger partial charge in [-0.1, -0.05) is 18.2 Å². The first-order chi connectivity index (χ1) is 12.0. The minimum absolute atomic E-state index is 0.109. The van der Waals surface area contributed by atoms with E-state index < -0.39 is 9.84 Å². The van der Waals surface area contributed by atoms with Gasteiger partial charge < -0.3 is 5.32 Å². The highest BCUT2D eigenvalue weighted by atomic mass is 32.2. The Morgan fingerprint density at radius 3 is 2.68 bits per heavy atom. The second kappa shape index (κ2) is 6.42. The quantitative estimate of drug-likeness (QED) is 0.847. The number of aromatic nitrogens is 2. The Bertz CT molecular complexity index is 884. The van der Waals surface area contributed by atoms with Crippen molar-refractivity contribution < 1.29 is 13.2 Å². The molecular weight excluding hydrogens is 340 g/mol. The molecular formula is C17H22N4O3S. The van der Waals surface area contributed by atoms with Gasteiger partial charge in [-0.3, -0.25) is 14.8 Å². The topological polar surface area (TPSA) is 95.2 Å². The summed E-state index contributed by atoms with van der Waals surface area (Å²) < 4.78 is 23.3. The predicted octanol–water partition coefficient (Wildman–Crippen LogP) is 0.944. The van der Waals surface area contributed by atoms with Crippen LogP contribution in [0.4, 0.5) is 0 Å². The third-order valence-electron chi connectivity index (χ3n) is 5.27. The molecule has 8 heteroatoms. The summed E-state index contributed by atoms with van der Waals surface area (Å²) in [6.07, 6.45) is 2.41. The summed E-state index contributed by atoms with van der Waals surface area (Å²) in [7, 11) is -2.85. The van der Waals surface area contributed by atoms with E-state index in [2.05, 4.69) is 20.4 Å². The van der Waals surface area contributed by atoms with Crippen LogP contribution >= 0.6 is 0 Å². The van der Waals surface area contributed by atoms with Crippen LogP contribution in [0.1, 0.15) is 29.8 Å². The lowest BCUT2D eigenvalue weighted by molar-refractivity contribution is 0.0894. The van der Waals surface area contributed by atoms with Crippen molar-refractivity contribution in [3.05, 3.63) is 30.0 Å². The molecule has 7 nitrogen and oxygen atoms in total. The highest BCUT2D eigenvalue weighted by Crippen LogP contribution is 2.22. The van der Waals surface area contributed by atoms with Gasteiger partial charge in [0.05, 0.1) is 17.0 Å². The lowest BCUT2D eigenvalue weighted by atomic mass is 10.0. The molecule has 0 bridgehead atoms. The van der Waals surface area contributed by atoms with Gasteiger partial charge >= 0.3 is 0 Å². The van der Waals surface area contributed by atoms with Gasteiger partial charge in [0.15, 0.2) is 15.5 Å². The minimum atomic E-state index is -2.85. The van der Waals surface area contributed by atoms with Gasteiger partial charge in [0, 0.05) is 30.6 Å². The number of nitrogens with one attached hydrogen (secondary N) is 2. The summed E-state index contributed by atoms with van der Waals surface area (Å²) in [6.45, 7) is 1.65. The molecule has 2 N–H and O–H groups in total. The highest BCUT2D eigenvalue weighted by Gasteiger charge is 2.34. The van der Waals surface area contributed by atoms with E-state index in [1.54, 1.807) is 0 Å². The van der Waals surface area contributed by atoms with Gasteiger partial charge in [-0.05, 0) is 25.3 Å². The smallest absolute Gasteiger partial charge is 0.272 e. The molecule has 0 unspecified atom stereocenters. The Kier molecular flexibility index (Phi) is 4.24. The molecule has 2 saturated heterocycles. The maximum absolute atomic E-state index is 12.5. The van der Waals surface area contributed by atoms with Crippen molar-refractivity contribution in [3.63, 3.8) is 0 Å². The molecule has 25 heavy (non-hydrogen) atoms. The number of fused-ring (bicyclic) bond motifs is 1. The van der Waals surface area contributed by atoms with Crippen molar-refractivity contribution in [2.75, 3.05) is 24.6 Å². The van der Waals surface area contributed by atoms with E-state index in [4.69, 9.17) is 0 Å². The van der Waals surface area contributed by atoms with Crippen LogP contribution in [0.3, 0.4) is 0 Å². The average molecular weight is 362 g/mol. The number of H-pyrrole nitrogens is 1. The molecule has 1 aromatic heterocycles. The summed E-state index contributed by atoms with van der Waals surface area (Å²) in [5.41, 5.74) is 1.28. The van der Waals surface area contributed by atoms with E-state index in [1.165, 1.54) is 0 Å². The number of amides is 1. The molecule has 0 radical (unpaired) electrons. The van der Waals surface area contributed by atoms with Crippen LogP contribution in [-0.2, 0) is 9.84 Å². The second-order valence-corrected chi connectivity index (χ2v) is 9.19. The van der Waals surface area contributed by atoms with Gasteiger partial charge in [-0.25, -0.2) is 8.42 Å². The number of likely N-dealkylation sites (tertiary alicyclic amines) is 1. The lowest BCUT2D eigenvalue weighted by Gasteiger charge is -2.35. The number of hydrogen-bond acceptors (Lipinski definition) is 5. The van der Waals surface area contributed by atoms with Crippen molar-refractivity contribution in [1.29, 1.82) is 0 Å². The number of carbonyl (C=O) groups excluding carboxylic acids is 1. The van der Waals surface area contributed by atoms with Gasteiger partial charge in [-0.2, -0.15) is 5.10 Å². The Labute approximate surface area is 146 Å². The fourth-order valence-electron chi connectivity index (χ4n) is 3.86. The summed E-state index contributed by atoms with van der Waals surface area (Å²) in [5.74, 6) is 0.434. The van der Waals surface area contributed by atoms with Crippen LogP contribution < -0.4 is 5.32 Å². The van der Waals surface area contributed by atoms with Crippen LogP contribution in [0.15, 0.2) is 24.3 Å². The first-order valence-electron chi connectivity index (χ1n) is 8.70. The van der Waals surface area contributed by atoms with E-state index in [0.717, 1.165) is 43.3 Å². The summed E-state index contributed by atoms with van der Waals surface area (Å²) >= 11 is 0. The van der Waals surface area contributed by atoms with Crippen molar-refractivity contribution >= 4 is 26.6 Å². The third kappa shape index (κ3) is 3.41. The molecule has 0 saturated carbocycles. The molecule has 4 rings (SSSR count). The van der Waals surface area contributed by atoms with Crippen molar-refractivity contribution in [1.82, 2.24) is 20.4 Å². The van der Waals surface area contributed by atoms with E-state index in [1.807, 2.05) is 24.3 Å². The summed E-state index contributed by atoms with van der Waals surface area (Å²) in [6, 6.07) is 7.84. The maximum Gasteiger partial charge on any atom is 0.272 e. The Morgan fingerprint density at radius 2 is 1.96 bits per heavy atom. The Hall–Kier alpha value is -1.93. The summed E-state index contributed by atoms with van der Waals surface area (Å²) in [5, 5.41) is 10.9. The molecule has 2 aliphatic heterocycles. The van der Waals surface area contributed by atoms with Crippen LogP contribution in [0.2, 0.25) is 0 Å². The molecule has 0 spiro atoms. The van der Waals surface area contributed by atoms with Gasteiger partial charge in [0.25, 0.3) is 5.91 Å². The standard InChI is InChI=1S/C17H22N4O3S/c22-17(16-14-3-1-2-4-15(14)19-20-16)18-12-5-8-21(9-6-12)13-7-10-25(23,24)11-13/h1-4,12-13H,5-11H2,(H,18,22)(H,19,20)/t13-/m1/s1. The largest absolute Gasteiger partial charge is 0.348 e. The number of benzene rings is 1. The number of nitrogens with zero attached hydrogens (tertiary/aromatic N) is 2. The molecule has 2 aliphatic rings. The van der Waals surface area contributed by atoms with Crippen molar-refractivity contribution in [3.8, 4) is 0 Å². The second-order valence-electron chi connectivity index (χ2n) is 6.96. The van der Waals surface area contributed by atoms with Crippen molar-refractivity contribution in [2.24, 2.45) is 0 Å². The van der Waals surface area contributed by atoms with Crippen LogP contribution in [-0.4, -0.2) is 66.1 Å². The first kappa shape index (κ1) is 16.5. The molecule has 2 aromatic rings. The van der Waals surface area contributed by atoms with E-state index in [0.29, 0.717) is 11.4 Å². The van der Waals surface area contributed by atoms with Gasteiger partial charge in [0.1, 0.15) is 0 Å². The zero-order valence-electron chi connectivity index (χ0n) is 13.9. The average Bonchev–Trinajstić information content (AvgIpc) is 3.19. The fourth-order valence-corrected chi connectivity index (χ4v) is 5.62. The third-order valence-corrected chi connectivity index (χ3v) is 7.03. The van der Waals surface area contributed by atoms with Crippen molar-refractivity contribution in [2.45, 2.75) is 31.3 Å². The Balaban J connectivity index is 1.35. The monoisotopic (exact) mass is 362 g/mol. The minimum Gasteiger partial charge on any atom is -0.348 e. The molecule has 2 fully saturated rings. The Morgan fingerprint density at radius 1 is 1.20 bits per heavy atom. The highest BCUT2D eigenvalue weighted by molar-refractivity contribution is 7.91. The predicted molar refractivity (Wildman–Crippen MR) is 95.2 cm³/mol. The van der Waals surface area contributed by atoms with Crippen LogP contribution in [0.5, 0.6) is 0 Å². The zero-order valence-corrected chi connectivity index (χ0v) is 14.8. The van der Waals surface area contributed by atoms with Gasteiger partial charge in [0.2, 0.25) is 0 Å². The molecule has 1 amide bonds. The number of piperidine rings is 1. The lowest BCUT2D eigenvalue weighted by Crippen LogP contribution is -2.48. The molecule has 3 heterocycles. The van der Waals surface area contributed by atoms with E-state index in [9.17, 15) is 13.2 Å². The number of para-hydroxylation sites is 1. The van der Waals surface area contributed by atoms with E-state index in [-0.39, 0.29) is 23.7 Å². The zero-order chi connectivity index (χ0) is 17.4. The number of carbonyl (C=O) groups is 1. The normalized spacial score (nSPS) is 24.6. The number of rotatable bonds is 3. The van der Waals surface area contributed by atoms with Crippen LogP contribution in [0.25, 0.3) is 10.9 Å². The molecule has 1 atom stereocenters. The number of aromatic amines is 1. The first-order valence-corrected chi connectivity index (χ1v) is 10.5. The molecule has 134 valence electrons. The summed E-state index contributed by atoms with van der Waals surface area (Å²) in [4.78, 5) is 14.8. The van der Waals surface area contributed by atoms with Gasteiger partial charge in [-0.15, -0.1) is 0 Å². The van der Waals surface area contributed by atoms with E-state index >= 15 is 0 Å². The molecule has 1 aromatic carbocycles. The number of sulfone groups is 1. The SMILES string of the molecule is O=C(NC1CCN([C@@H]2CCS(=O)(=O)C2)CC1)c1n[nH]c2ccccc12. The molecule has 0 aliphatic carbocycles. The maximum atomic E-state index is 12.5. The number of hydrogen-bond donors (Lipinski definition) is 2.